The molecule has 0 fully saturated rings. The first-order valence-electron chi connectivity index (χ1n) is 8.54. The number of amides is 1. The van der Waals surface area contributed by atoms with Crippen LogP contribution in [0.2, 0.25) is 0 Å². The summed E-state index contributed by atoms with van der Waals surface area (Å²) in [5, 5.41) is 7.40. The maximum Gasteiger partial charge on any atom is 0.307 e. The van der Waals surface area contributed by atoms with Gasteiger partial charge in [-0.05, 0) is 29.8 Å². The number of nitrogens with one attached hydrogen (secondary N) is 1. The number of aromatic nitrogens is 2. The van der Waals surface area contributed by atoms with Gasteiger partial charge in [0.25, 0.3) is 0 Å². The second-order valence-corrected chi connectivity index (χ2v) is 7.05. The van der Waals surface area contributed by atoms with E-state index in [-0.39, 0.29) is 24.3 Å². The highest BCUT2D eigenvalue weighted by Gasteiger charge is 2.19. The van der Waals surface area contributed by atoms with Crippen LogP contribution in [-0.4, -0.2) is 28.8 Å². The molecule has 0 saturated carbocycles. The Labute approximate surface area is 169 Å². The quantitative estimate of drug-likeness (QED) is 0.591. The Morgan fingerprint density at radius 3 is 2.61 bits per heavy atom. The molecule has 0 aliphatic carbocycles. The van der Waals surface area contributed by atoms with Gasteiger partial charge in [0.1, 0.15) is 6.54 Å². The van der Waals surface area contributed by atoms with Crippen LogP contribution < -0.4 is 10.7 Å². The standard InChI is InChI=1S/C20H18BrN3O4/c1-28-20(27)10-16(13-6-8-14(21)9-7-13)23-19(26)12-24-17-5-3-2-4-15(17)18(25)11-22-24/h2-9,11,16H,10,12H2,1H3,(H,23,26). The number of hydrogen-bond acceptors (Lipinski definition) is 5. The smallest absolute Gasteiger partial charge is 0.307 e. The molecule has 1 unspecified atom stereocenters. The molecule has 0 saturated heterocycles. The van der Waals surface area contributed by atoms with Crippen LogP contribution in [0.3, 0.4) is 0 Å². The zero-order valence-electron chi connectivity index (χ0n) is 15.1. The maximum absolute atomic E-state index is 12.7. The number of hydrogen-bond donors (Lipinski definition) is 1. The van der Waals surface area contributed by atoms with Crippen molar-refractivity contribution in [2.75, 3.05) is 7.11 Å². The highest BCUT2D eigenvalue weighted by atomic mass is 79.9. The molecule has 0 aliphatic rings. The molecule has 3 aromatic rings. The van der Waals surface area contributed by atoms with E-state index in [1.807, 2.05) is 24.3 Å². The lowest BCUT2D eigenvalue weighted by Gasteiger charge is -2.19. The molecule has 0 aliphatic heterocycles. The third-order valence-electron chi connectivity index (χ3n) is 4.26. The van der Waals surface area contributed by atoms with Crippen LogP contribution in [0.1, 0.15) is 18.0 Å². The van der Waals surface area contributed by atoms with Crippen molar-refractivity contribution in [2.45, 2.75) is 19.0 Å². The molecule has 0 radical (unpaired) electrons. The van der Waals surface area contributed by atoms with Gasteiger partial charge in [-0.1, -0.05) is 40.2 Å². The van der Waals surface area contributed by atoms with Crippen molar-refractivity contribution in [3.05, 3.63) is 75.0 Å². The van der Waals surface area contributed by atoms with Gasteiger partial charge in [-0.25, -0.2) is 0 Å². The predicted octanol–water partition coefficient (Wildman–Crippen LogP) is 2.58. The average molecular weight is 444 g/mol. The number of nitrogens with zero attached hydrogens (tertiary/aromatic N) is 2. The number of benzene rings is 2. The van der Waals surface area contributed by atoms with Gasteiger partial charge >= 0.3 is 5.97 Å². The molecular weight excluding hydrogens is 426 g/mol. The monoisotopic (exact) mass is 443 g/mol. The molecule has 144 valence electrons. The molecule has 1 heterocycles. The largest absolute Gasteiger partial charge is 0.469 e. The zero-order chi connectivity index (χ0) is 20.1. The number of ether oxygens (including phenoxy) is 1. The van der Waals surface area contributed by atoms with Crippen LogP contribution in [0.5, 0.6) is 0 Å². The molecule has 1 aromatic heterocycles. The van der Waals surface area contributed by atoms with Crippen molar-refractivity contribution < 1.29 is 14.3 Å². The van der Waals surface area contributed by atoms with E-state index in [1.165, 1.54) is 18.0 Å². The predicted molar refractivity (Wildman–Crippen MR) is 108 cm³/mol. The topological polar surface area (TPSA) is 90.3 Å². The SMILES string of the molecule is COC(=O)CC(NC(=O)Cn1ncc(=O)c2ccccc21)c1ccc(Br)cc1. The van der Waals surface area contributed by atoms with Crippen LogP contribution in [-0.2, 0) is 20.9 Å². The molecule has 7 nitrogen and oxygen atoms in total. The molecular formula is C20H18BrN3O4. The lowest BCUT2D eigenvalue weighted by Crippen LogP contribution is -2.34. The number of para-hydroxylation sites is 1. The lowest BCUT2D eigenvalue weighted by molar-refractivity contribution is -0.141. The fourth-order valence-corrected chi connectivity index (χ4v) is 3.12. The first kappa shape index (κ1) is 19.8. The fourth-order valence-electron chi connectivity index (χ4n) is 2.86. The Morgan fingerprint density at radius 1 is 1.18 bits per heavy atom. The minimum absolute atomic E-state index is 0.00220. The Balaban J connectivity index is 1.82. The number of esters is 1. The maximum atomic E-state index is 12.7. The van der Waals surface area contributed by atoms with E-state index in [9.17, 15) is 14.4 Å². The minimum Gasteiger partial charge on any atom is -0.469 e. The molecule has 1 N–H and O–H groups in total. The van der Waals surface area contributed by atoms with Crippen molar-refractivity contribution in [3.8, 4) is 0 Å². The highest BCUT2D eigenvalue weighted by molar-refractivity contribution is 9.10. The lowest BCUT2D eigenvalue weighted by atomic mass is 10.0. The van der Waals surface area contributed by atoms with Crippen molar-refractivity contribution in [2.24, 2.45) is 0 Å². The number of halogens is 1. The van der Waals surface area contributed by atoms with E-state index >= 15 is 0 Å². The minimum atomic E-state index is -0.543. The van der Waals surface area contributed by atoms with Gasteiger partial charge in [0.05, 0.1) is 31.3 Å². The van der Waals surface area contributed by atoms with Gasteiger partial charge in [-0.15, -0.1) is 0 Å². The molecule has 0 spiro atoms. The summed E-state index contributed by atoms with van der Waals surface area (Å²) < 4.78 is 7.10. The Hall–Kier alpha value is -3.00. The van der Waals surface area contributed by atoms with Crippen molar-refractivity contribution in [3.63, 3.8) is 0 Å². The van der Waals surface area contributed by atoms with Crippen LogP contribution in [0.15, 0.2) is 64.0 Å². The second kappa shape index (κ2) is 8.79. The summed E-state index contributed by atoms with van der Waals surface area (Å²) in [7, 11) is 1.30. The molecule has 2 aromatic carbocycles. The highest BCUT2D eigenvalue weighted by Crippen LogP contribution is 2.20. The van der Waals surface area contributed by atoms with Crippen LogP contribution in [0, 0.1) is 0 Å². The number of methoxy groups -OCH3 is 1. The number of carbonyl (C=O) groups excluding carboxylic acids is 2. The van der Waals surface area contributed by atoms with Gasteiger partial charge in [0, 0.05) is 9.86 Å². The second-order valence-electron chi connectivity index (χ2n) is 6.14. The summed E-state index contributed by atoms with van der Waals surface area (Å²) in [4.78, 5) is 36.4. The summed E-state index contributed by atoms with van der Waals surface area (Å²) >= 11 is 3.37. The van der Waals surface area contributed by atoms with Crippen molar-refractivity contribution in [1.82, 2.24) is 15.1 Å². The Morgan fingerprint density at radius 2 is 1.89 bits per heavy atom. The third-order valence-corrected chi connectivity index (χ3v) is 4.79. The Kier molecular flexibility index (Phi) is 6.20. The summed E-state index contributed by atoms with van der Waals surface area (Å²) in [6.07, 6.45) is 1.19. The normalized spacial score (nSPS) is 11.8. The van der Waals surface area contributed by atoms with Gasteiger partial charge in [0.2, 0.25) is 11.3 Å². The van der Waals surface area contributed by atoms with Crippen LogP contribution in [0.25, 0.3) is 10.9 Å². The van der Waals surface area contributed by atoms with E-state index in [1.54, 1.807) is 24.3 Å². The molecule has 3 rings (SSSR count). The first-order valence-corrected chi connectivity index (χ1v) is 9.33. The van der Waals surface area contributed by atoms with Gasteiger partial charge < -0.3 is 10.1 Å². The summed E-state index contributed by atoms with van der Waals surface area (Å²) in [5.74, 6) is -0.765. The van der Waals surface area contributed by atoms with Crippen molar-refractivity contribution >= 4 is 38.7 Å². The Bertz CT molecular complexity index is 1060. The van der Waals surface area contributed by atoms with Gasteiger partial charge in [0.15, 0.2) is 0 Å². The van der Waals surface area contributed by atoms with E-state index in [4.69, 9.17) is 4.74 Å². The third kappa shape index (κ3) is 4.64. The number of rotatable bonds is 6. The summed E-state index contributed by atoms with van der Waals surface area (Å²) in [6.45, 7) is -0.0883. The van der Waals surface area contributed by atoms with E-state index in [2.05, 4.69) is 26.3 Å². The number of fused-ring (bicyclic) bond motifs is 1. The molecule has 0 bridgehead atoms. The van der Waals surface area contributed by atoms with E-state index in [0.717, 1.165) is 10.0 Å². The molecule has 28 heavy (non-hydrogen) atoms. The zero-order valence-corrected chi connectivity index (χ0v) is 16.7. The van der Waals surface area contributed by atoms with Crippen LogP contribution >= 0.6 is 15.9 Å². The van der Waals surface area contributed by atoms with Gasteiger partial charge in [-0.2, -0.15) is 5.10 Å². The molecule has 1 amide bonds. The van der Waals surface area contributed by atoms with E-state index < -0.39 is 12.0 Å². The first-order chi connectivity index (χ1) is 13.5. The fraction of sp³-hybridized carbons (Fsp3) is 0.200. The summed E-state index contributed by atoms with van der Waals surface area (Å²) in [6, 6.07) is 13.7. The molecule has 8 heteroatoms. The molecule has 1 atom stereocenters. The average Bonchev–Trinajstić information content (AvgIpc) is 2.70. The van der Waals surface area contributed by atoms with Crippen molar-refractivity contribution in [1.29, 1.82) is 0 Å². The summed E-state index contributed by atoms with van der Waals surface area (Å²) in [5.41, 5.74) is 1.14. The van der Waals surface area contributed by atoms with E-state index in [0.29, 0.717) is 10.9 Å². The van der Waals surface area contributed by atoms with Crippen LogP contribution in [0.4, 0.5) is 0 Å². The van der Waals surface area contributed by atoms with Gasteiger partial charge in [-0.3, -0.25) is 19.1 Å². The number of carbonyl (C=O) groups is 2.